The second kappa shape index (κ2) is 21.1. The number of carbonyl (C=O) groups is 3. The van der Waals surface area contributed by atoms with Crippen LogP contribution in [0.4, 0.5) is 0 Å². The Morgan fingerprint density at radius 1 is 0.917 bits per heavy atom. The van der Waals surface area contributed by atoms with E-state index in [1.54, 1.807) is 20.3 Å². The molecule has 2 aliphatic carbocycles. The van der Waals surface area contributed by atoms with Crippen LogP contribution >= 0.6 is 26.2 Å². The first-order chi connectivity index (χ1) is 22.5. The number of nitrogens with zero attached hydrogens (tertiary/aromatic N) is 2. The van der Waals surface area contributed by atoms with E-state index in [4.69, 9.17) is 14.2 Å². The molecular weight excluding hydrogens is 670 g/mol. The number of allylic oxidation sites excluding steroid dienone is 5. The Morgan fingerprint density at radius 2 is 1.38 bits per heavy atom. The Morgan fingerprint density at radius 3 is 1.75 bits per heavy atom. The molecule has 0 radical (unpaired) electrons. The van der Waals surface area contributed by atoms with Crippen LogP contribution in [0.5, 0.6) is 0 Å². The molecule has 4 rings (SSSR count). The molecule has 0 aromatic rings. The van der Waals surface area contributed by atoms with E-state index in [1.165, 1.54) is 17.5 Å². The lowest BCUT2D eigenvalue weighted by Gasteiger charge is -2.31. The Hall–Kier alpha value is -2.16. The van der Waals surface area contributed by atoms with Crippen molar-refractivity contribution in [1.29, 1.82) is 0 Å². The molecule has 0 bridgehead atoms. The van der Waals surface area contributed by atoms with Crippen molar-refractivity contribution in [2.45, 2.75) is 65.6 Å². The lowest BCUT2D eigenvalue weighted by atomic mass is 9.83. The standard InChI is InChI=1S/C14H19NO4.C13H19NO2.C5H12OPS.C3H8OP/c1-3-8-19-13(17)14(2)5-4-11(12(14)16)15-6-9-18-10-7-15;1-3-5-13(2)6-4-11(12(13)15)14-7-9-16-10-8-14;1-5(2,3)8-7(4)6;1-3-5(2)4/h3-4H,1,5-10H2,2H3;3-4H,1,5-10H2,2H3;1-4H3;3H2,1-2H3/q;;2*+1/t;13-;;/m.1../s1. The maximum atomic E-state index is 12.5. The van der Waals surface area contributed by atoms with Crippen molar-refractivity contribution in [2.75, 3.05) is 78.7 Å². The van der Waals surface area contributed by atoms with Gasteiger partial charge >= 0.3 is 20.8 Å². The number of ether oxygens (including phenoxy) is 3. The molecule has 48 heavy (non-hydrogen) atoms. The summed E-state index contributed by atoms with van der Waals surface area (Å²) in [6.45, 7) is 28.3. The largest absolute Gasteiger partial charge is 0.461 e. The average molecular weight is 729 g/mol. The number of hydrogen-bond donors (Lipinski definition) is 0. The summed E-state index contributed by atoms with van der Waals surface area (Å²) in [5.41, 5.74) is 0.181. The third-order valence-corrected chi connectivity index (χ3v) is 12.0. The molecule has 0 aromatic carbocycles. The maximum absolute atomic E-state index is 12.5. The molecule has 2 heterocycles. The van der Waals surface area contributed by atoms with Gasteiger partial charge in [-0.15, -0.1) is 6.58 Å². The van der Waals surface area contributed by atoms with Crippen molar-refractivity contribution >= 4 is 43.7 Å². The lowest BCUT2D eigenvalue weighted by molar-refractivity contribution is -0.156. The van der Waals surface area contributed by atoms with Gasteiger partial charge in [-0.05, 0) is 53.9 Å². The van der Waals surface area contributed by atoms with E-state index in [2.05, 4.69) is 44.9 Å². The first-order valence-corrected chi connectivity index (χ1v) is 21.5. The Bertz CT molecular complexity index is 1220. The molecule has 13 heteroatoms. The fourth-order valence-corrected chi connectivity index (χ4v) is 8.17. The number of esters is 1. The summed E-state index contributed by atoms with van der Waals surface area (Å²) in [5, 5.41) is 0. The van der Waals surface area contributed by atoms with E-state index in [-0.39, 0.29) is 28.3 Å². The van der Waals surface area contributed by atoms with Crippen LogP contribution in [0, 0.1) is 10.8 Å². The third-order valence-electron chi connectivity index (χ3n) is 7.89. The van der Waals surface area contributed by atoms with Crippen LogP contribution < -0.4 is 0 Å². The predicted octanol–water partition coefficient (Wildman–Crippen LogP) is 7.02. The third kappa shape index (κ3) is 14.4. The molecule has 2 fully saturated rings. The van der Waals surface area contributed by atoms with Gasteiger partial charge in [0.2, 0.25) is 0 Å². The molecule has 0 N–H and O–H groups in total. The van der Waals surface area contributed by atoms with Gasteiger partial charge in [0.15, 0.2) is 11.6 Å². The average Bonchev–Trinajstić information content (AvgIpc) is 3.51. The van der Waals surface area contributed by atoms with Crippen molar-refractivity contribution < 1.29 is 37.7 Å². The molecule has 270 valence electrons. The Kier molecular flexibility index (Phi) is 19.3. The smallest absolute Gasteiger partial charge is 0.407 e. The molecular formula is C35H58N2O8P2S+2. The molecule has 3 unspecified atom stereocenters. The van der Waals surface area contributed by atoms with Gasteiger partial charge in [-0.2, -0.15) is 0 Å². The quantitative estimate of drug-likeness (QED) is 0.105. The predicted molar refractivity (Wildman–Crippen MR) is 197 cm³/mol. The van der Waals surface area contributed by atoms with Crippen LogP contribution in [0.1, 0.15) is 60.8 Å². The second-order valence-electron chi connectivity index (χ2n) is 13.3. The van der Waals surface area contributed by atoms with Crippen LogP contribution in [0.25, 0.3) is 0 Å². The Labute approximate surface area is 294 Å². The summed E-state index contributed by atoms with van der Waals surface area (Å²) in [6.07, 6.45) is 10.1. The van der Waals surface area contributed by atoms with E-state index in [0.717, 1.165) is 51.0 Å². The number of morpholine rings is 2. The van der Waals surface area contributed by atoms with Gasteiger partial charge in [-0.1, -0.05) is 46.9 Å². The molecule has 4 atom stereocenters. The van der Waals surface area contributed by atoms with E-state index in [0.29, 0.717) is 38.4 Å². The van der Waals surface area contributed by atoms with Crippen molar-refractivity contribution in [3.8, 4) is 0 Å². The summed E-state index contributed by atoms with van der Waals surface area (Å²) < 4.78 is 36.3. The molecule has 4 aliphatic rings. The highest BCUT2D eigenvalue weighted by Gasteiger charge is 2.48. The molecule has 0 amide bonds. The van der Waals surface area contributed by atoms with Crippen molar-refractivity contribution in [1.82, 2.24) is 9.80 Å². The van der Waals surface area contributed by atoms with E-state index in [1.807, 2.05) is 30.9 Å². The van der Waals surface area contributed by atoms with Crippen molar-refractivity contribution in [3.63, 3.8) is 0 Å². The minimum atomic E-state index is -1.09. The highest BCUT2D eigenvalue weighted by molar-refractivity contribution is 8.52. The lowest BCUT2D eigenvalue weighted by Crippen LogP contribution is -2.42. The second-order valence-corrected chi connectivity index (χ2v) is 19.6. The van der Waals surface area contributed by atoms with Crippen molar-refractivity contribution in [2.24, 2.45) is 10.8 Å². The molecule has 0 spiro atoms. The molecule has 2 aliphatic heterocycles. The molecule has 10 nitrogen and oxygen atoms in total. The van der Waals surface area contributed by atoms with Gasteiger partial charge in [0.1, 0.15) is 42.9 Å². The van der Waals surface area contributed by atoms with Gasteiger partial charge in [-0.25, -0.2) is 0 Å². The minimum Gasteiger partial charge on any atom is -0.461 e. The van der Waals surface area contributed by atoms with Crippen LogP contribution in [0.15, 0.2) is 48.9 Å². The van der Waals surface area contributed by atoms with E-state index < -0.39 is 26.2 Å². The van der Waals surface area contributed by atoms with Gasteiger partial charge < -0.3 is 24.0 Å². The highest BCUT2D eigenvalue weighted by atomic mass is 32.7. The summed E-state index contributed by atoms with van der Waals surface area (Å²) in [6, 6.07) is 0. The van der Waals surface area contributed by atoms with Crippen molar-refractivity contribution in [3.05, 3.63) is 48.9 Å². The minimum absolute atomic E-state index is 0.134. The summed E-state index contributed by atoms with van der Waals surface area (Å²) >= 11 is 1.52. The molecule has 0 saturated carbocycles. The zero-order chi connectivity index (χ0) is 36.5. The zero-order valence-corrected chi connectivity index (χ0v) is 33.0. The number of hydrogen-bond acceptors (Lipinski definition) is 11. The van der Waals surface area contributed by atoms with E-state index >= 15 is 0 Å². The highest BCUT2D eigenvalue weighted by Crippen LogP contribution is 2.43. The topological polar surface area (TPSA) is 120 Å². The monoisotopic (exact) mass is 728 g/mol. The van der Waals surface area contributed by atoms with Crippen LogP contribution in [-0.4, -0.2) is 111 Å². The first-order valence-electron chi connectivity index (χ1n) is 16.5. The number of rotatable bonds is 9. The molecule has 2 saturated heterocycles. The van der Waals surface area contributed by atoms with Gasteiger partial charge in [-0.3, -0.25) is 14.4 Å². The maximum Gasteiger partial charge on any atom is 0.407 e. The number of ketones is 2. The fourth-order valence-electron chi connectivity index (χ4n) is 5.09. The zero-order valence-electron chi connectivity index (χ0n) is 30.4. The first kappa shape index (κ1) is 43.9. The Balaban J connectivity index is 0.000000357. The summed E-state index contributed by atoms with van der Waals surface area (Å²) in [4.78, 5) is 40.9. The number of carbonyl (C=O) groups excluding carboxylic acids is 3. The van der Waals surface area contributed by atoms with Crippen LogP contribution in [0.2, 0.25) is 0 Å². The fraction of sp³-hybridized carbons (Fsp3) is 0.686. The summed E-state index contributed by atoms with van der Waals surface area (Å²) in [7, 11) is -1.87. The van der Waals surface area contributed by atoms with Crippen LogP contribution in [-0.2, 0) is 37.7 Å². The SMILES string of the molecule is C=CCOC(=O)C1(C)CC=C(N2CCOCC2)C1=O.C=CC[C@]1(C)CC=C(N2CCOCC2)C1=O.CC[P+](C)=O.C[P+](=O)SC(C)(C)C. The van der Waals surface area contributed by atoms with E-state index in [9.17, 15) is 23.5 Å². The van der Waals surface area contributed by atoms with Gasteiger partial charge in [0.25, 0.3) is 0 Å². The molecule has 0 aromatic heterocycles. The van der Waals surface area contributed by atoms with Gasteiger partial charge in [0.05, 0.1) is 42.6 Å². The normalized spacial score (nSPS) is 24.3. The number of Topliss-reactive ketones (excluding diaryl/α,β-unsaturated/α-hetero) is 2. The van der Waals surface area contributed by atoms with Crippen LogP contribution in [0.3, 0.4) is 0 Å². The van der Waals surface area contributed by atoms with Gasteiger partial charge in [0, 0.05) is 31.6 Å². The summed E-state index contributed by atoms with van der Waals surface area (Å²) in [5.74, 6) is -0.352.